The van der Waals surface area contributed by atoms with Crippen LogP contribution in [0.4, 0.5) is 10.1 Å². The molecule has 0 spiro atoms. The number of rotatable bonds is 8. The van der Waals surface area contributed by atoms with Crippen molar-refractivity contribution in [3.8, 4) is 28.2 Å². The number of carbonyl (C=O) groups excluding carboxylic acids is 1. The van der Waals surface area contributed by atoms with Gasteiger partial charge in [-0.3, -0.25) is 9.48 Å². The molecule has 0 saturated carbocycles. The van der Waals surface area contributed by atoms with E-state index in [9.17, 15) is 17.6 Å². The van der Waals surface area contributed by atoms with E-state index in [0.29, 0.717) is 22.6 Å². The Morgan fingerprint density at radius 3 is 2.62 bits per heavy atom. The number of carbonyl (C=O) groups is 1. The lowest BCUT2D eigenvalue weighted by molar-refractivity contribution is 0.102. The highest BCUT2D eigenvalue weighted by Gasteiger charge is 2.20. The number of hydrogen-bond donors (Lipinski definition) is 2. The number of benzene rings is 1. The van der Waals surface area contributed by atoms with Crippen molar-refractivity contribution in [2.75, 3.05) is 18.2 Å². The molecule has 0 aliphatic heterocycles. The van der Waals surface area contributed by atoms with Crippen LogP contribution in [-0.4, -0.2) is 66.0 Å². The van der Waals surface area contributed by atoms with Crippen molar-refractivity contribution in [2.24, 2.45) is 0 Å². The summed E-state index contributed by atoms with van der Waals surface area (Å²) in [5, 5.41) is 24.1. The van der Waals surface area contributed by atoms with Crippen LogP contribution in [0.3, 0.4) is 0 Å². The Morgan fingerprint density at radius 1 is 1.08 bits per heavy atom. The van der Waals surface area contributed by atoms with E-state index in [1.165, 1.54) is 40.1 Å². The molecule has 0 aliphatic rings. The van der Waals surface area contributed by atoms with Gasteiger partial charge in [-0.1, -0.05) is 6.07 Å². The number of aromatic nitrogens is 7. The monoisotopic (exact) mass is 550 g/mol. The molecule has 4 heterocycles. The quantitative estimate of drug-likeness (QED) is 0.299. The van der Waals surface area contributed by atoms with Gasteiger partial charge in [-0.2, -0.15) is 19.4 Å². The summed E-state index contributed by atoms with van der Waals surface area (Å²) in [6, 6.07) is 11.4. The molecule has 0 unspecified atom stereocenters. The Labute approximate surface area is 222 Å². The summed E-state index contributed by atoms with van der Waals surface area (Å²) in [6.45, 7) is 1.99. The van der Waals surface area contributed by atoms with Gasteiger partial charge in [0.05, 0.1) is 49.4 Å². The average molecular weight is 551 g/mol. The van der Waals surface area contributed by atoms with E-state index in [1.807, 2.05) is 13.0 Å². The molecule has 0 bridgehead atoms. The van der Waals surface area contributed by atoms with E-state index >= 15 is 0 Å². The van der Waals surface area contributed by atoms with Crippen molar-refractivity contribution in [3.63, 3.8) is 0 Å². The molecule has 39 heavy (non-hydrogen) atoms. The SMILES string of the molecule is Cc1cccc(-n2nc(C(=O)Nc3cnn(S(C)(=O)=O)c3)cc2-c2ccc(F)c(-c3cnn(CCO)c3)c2)n1. The second-order valence-electron chi connectivity index (χ2n) is 8.69. The molecule has 0 fully saturated rings. The van der Waals surface area contributed by atoms with Crippen LogP contribution in [0.25, 0.3) is 28.2 Å². The summed E-state index contributed by atoms with van der Waals surface area (Å²) in [4.78, 5) is 17.6. The van der Waals surface area contributed by atoms with Crippen LogP contribution in [0.5, 0.6) is 0 Å². The lowest BCUT2D eigenvalue weighted by Crippen LogP contribution is -2.13. The van der Waals surface area contributed by atoms with E-state index < -0.39 is 21.7 Å². The smallest absolute Gasteiger partial charge is 0.276 e. The molecule has 200 valence electrons. The molecule has 14 heteroatoms. The number of amides is 1. The fourth-order valence-corrected chi connectivity index (χ4v) is 4.42. The predicted octanol–water partition coefficient (Wildman–Crippen LogP) is 2.49. The molecule has 5 rings (SSSR count). The molecule has 0 aliphatic carbocycles. The highest BCUT2D eigenvalue weighted by atomic mass is 32.2. The number of nitrogens with one attached hydrogen (secondary N) is 1. The lowest BCUT2D eigenvalue weighted by atomic mass is 10.0. The highest BCUT2D eigenvalue weighted by molar-refractivity contribution is 7.89. The van der Waals surface area contributed by atoms with E-state index in [4.69, 9.17) is 5.11 Å². The summed E-state index contributed by atoms with van der Waals surface area (Å²) in [5.41, 5.74) is 2.73. The zero-order valence-corrected chi connectivity index (χ0v) is 21.7. The second kappa shape index (κ2) is 10.2. The van der Waals surface area contributed by atoms with Gasteiger partial charge in [0.25, 0.3) is 15.9 Å². The first-order valence-corrected chi connectivity index (χ1v) is 13.5. The predicted molar refractivity (Wildman–Crippen MR) is 140 cm³/mol. The Bertz CT molecular complexity index is 1790. The number of hydrogen-bond acceptors (Lipinski definition) is 8. The first-order chi connectivity index (χ1) is 18.6. The molecular formula is C25H23FN8O4S. The maximum Gasteiger partial charge on any atom is 0.276 e. The maximum absolute atomic E-state index is 14.9. The second-order valence-corrected chi connectivity index (χ2v) is 10.5. The summed E-state index contributed by atoms with van der Waals surface area (Å²) in [5.74, 6) is -0.637. The third-order valence-electron chi connectivity index (χ3n) is 5.73. The topological polar surface area (TPSA) is 150 Å². The highest BCUT2D eigenvalue weighted by Crippen LogP contribution is 2.30. The minimum Gasteiger partial charge on any atom is -0.394 e. The number of halogens is 1. The van der Waals surface area contributed by atoms with Crippen LogP contribution in [0, 0.1) is 12.7 Å². The largest absolute Gasteiger partial charge is 0.394 e. The molecule has 0 radical (unpaired) electrons. The first-order valence-electron chi connectivity index (χ1n) is 11.7. The zero-order chi connectivity index (χ0) is 27.7. The molecular weight excluding hydrogens is 527 g/mol. The summed E-state index contributed by atoms with van der Waals surface area (Å²) >= 11 is 0. The molecule has 1 amide bonds. The van der Waals surface area contributed by atoms with Gasteiger partial charge >= 0.3 is 0 Å². The number of nitrogens with zero attached hydrogens (tertiary/aromatic N) is 7. The Hall–Kier alpha value is -4.69. The van der Waals surface area contributed by atoms with Crippen molar-refractivity contribution in [1.82, 2.24) is 33.7 Å². The Balaban J connectivity index is 1.56. The third kappa shape index (κ3) is 5.46. The summed E-state index contributed by atoms with van der Waals surface area (Å²) in [6.07, 6.45) is 6.52. The van der Waals surface area contributed by atoms with Crippen molar-refractivity contribution < 1.29 is 22.7 Å². The molecule has 0 saturated heterocycles. The molecule has 4 aromatic heterocycles. The van der Waals surface area contributed by atoms with Gasteiger partial charge < -0.3 is 10.4 Å². The molecule has 1 aromatic carbocycles. The van der Waals surface area contributed by atoms with Gasteiger partial charge in [0.2, 0.25) is 0 Å². The van der Waals surface area contributed by atoms with Gasteiger partial charge in [0.1, 0.15) is 5.82 Å². The number of anilines is 1. The molecule has 2 N–H and O–H groups in total. The first kappa shape index (κ1) is 25.9. The number of pyridine rings is 1. The Morgan fingerprint density at radius 2 is 1.90 bits per heavy atom. The van der Waals surface area contributed by atoms with Crippen LogP contribution in [0.1, 0.15) is 16.2 Å². The number of aliphatic hydroxyl groups excluding tert-OH is 1. The van der Waals surface area contributed by atoms with Crippen LogP contribution < -0.4 is 5.32 Å². The molecule has 5 aromatic rings. The minimum atomic E-state index is -3.62. The standard InChI is InChI=1S/C25H23FN8O4S/c1-16-4-3-5-24(29-16)34-23(11-22(31-34)25(36)30-19-13-28-33(15-19)39(2,37)38)17-6-7-21(26)20(10-17)18-12-27-32(14-18)8-9-35/h3-7,10-15,35H,8-9H2,1-2H3,(H,30,36). The minimum absolute atomic E-state index is 0.0158. The van der Waals surface area contributed by atoms with Gasteiger partial charge in [-0.25, -0.2) is 22.5 Å². The van der Waals surface area contributed by atoms with Gasteiger partial charge in [0.15, 0.2) is 11.5 Å². The number of aliphatic hydroxyl groups is 1. The zero-order valence-electron chi connectivity index (χ0n) is 20.9. The lowest BCUT2D eigenvalue weighted by Gasteiger charge is -2.09. The van der Waals surface area contributed by atoms with Crippen molar-refractivity contribution in [2.45, 2.75) is 13.5 Å². The summed E-state index contributed by atoms with van der Waals surface area (Å²) in [7, 11) is -3.62. The maximum atomic E-state index is 14.9. The van der Waals surface area contributed by atoms with Gasteiger partial charge in [0, 0.05) is 28.6 Å². The fraction of sp³-hybridized carbons (Fsp3) is 0.160. The van der Waals surface area contributed by atoms with Crippen molar-refractivity contribution in [1.29, 1.82) is 0 Å². The van der Waals surface area contributed by atoms with Gasteiger partial charge in [-0.15, -0.1) is 0 Å². The molecule has 12 nitrogen and oxygen atoms in total. The third-order valence-corrected chi connectivity index (χ3v) is 6.61. The van der Waals surface area contributed by atoms with Gasteiger partial charge in [-0.05, 0) is 43.3 Å². The normalized spacial score (nSPS) is 11.6. The van der Waals surface area contributed by atoms with E-state index in [0.717, 1.165) is 16.0 Å². The van der Waals surface area contributed by atoms with E-state index in [-0.39, 0.29) is 30.1 Å². The van der Waals surface area contributed by atoms with E-state index in [1.54, 1.807) is 30.5 Å². The average Bonchev–Trinajstić information content (AvgIpc) is 3.64. The van der Waals surface area contributed by atoms with Crippen LogP contribution in [0.2, 0.25) is 0 Å². The summed E-state index contributed by atoms with van der Waals surface area (Å²) < 4.78 is 42.0. The van der Waals surface area contributed by atoms with Crippen molar-refractivity contribution >= 4 is 21.6 Å². The fourth-order valence-electron chi connectivity index (χ4n) is 3.90. The van der Waals surface area contributed by atoms with Crippen LogP contribution in [-0.2, 0) is 16.6 Å². The molecule has 0 atom stereocenters. The van der Waals surface area contributed by atoms with Crippen LogP contribution >= 0.6 is 0 Å². The Kier molecular flexibility index (Phi) is 6.80. The van der Waals surface area contributed by atoms with Crippen molar-refractivity contribution in [3.05, 3.63) is 84.5 Å². The van der Waals surface area contributed by atoms with E-state index in [2.05, 4.69) is 25.6 Å². The number of aryl methyl sites for hydroxylation is 1. The van der Waals surface area contributed by atoms with Crippen LogP contribution in [0.15, 0.2) is 67.3 Å².